The third-order valence-electron chi connectivity index (χ3n) is 14.1. The van der Waals surface area contributed by atoms with Gasteiger partial charge in [0.1, 0.15) is 58.7 Å². The highest BCUT2D eigenvalue weighted by Crippen LogP contribution is 2.41. The molecule has 6 heterocycles. The van der Waals surface area contributed by atoms with E-state index in [-0.39, 0.29) is 57.3 Å². The van der Waals surface area contributed by atoms with Crippen molar-refractivity contribution in [3.63, 3.8) is 0 Å². The monoisotopic (exact) mass is 1150 g/mol. The lowest BCUT2D eigenvalue weighted by Crippen LogP contribution is -2.59. The maximum absolute atomic E-state index is 16.1. The number of azo groups is 2. The number of allylic oxidation sites excluding steroid dienone is 2. The quantitative estimate of drug-likeness (QED) is 0.00885. The zero-order valence-corrected chi connectivity index (χ0v) is 45.9. The number of H-pyrrole nitrogens is 1. The summed E-state index contributed by atoms with van der Waals surface area (Å²) in [5.41, 5.74) is 5.34. The fourth-order valence-corrected chi connectivity index (χ4v) is 9.65. The summed E-state index contributed by atoms with van der Waals surface area (Å²) >= 11 is 0. The number of fused-ring (bicyclic) bond motifs is 2. The number of nitrogens with zero attached hydrogens (tertiary/aromatic N) is 11. The largest absolute Gasteiger partial charge is 0.737 e. The van der Waals surface area contributed by atoms with Crippen molar-refractivity contribution in [2.75, 3.05) is 65.6 Å². The molecule has 6 aromatic rings. The molecule has 83 heavy (non-hydrogen) atoms. The Balaban J connectivity index is 0.625. The maximum atomic E-state index is 16.1. The summed E-state index contributed by atoms with van der Waals surface area (Å²) in [5.74, 6) is 0.462. The second-order valence-corrected chi connectivity index (χ2v) is 19.8. The number of carbonyl (C=O) groups is 1. The molecule has 3 aromatic carbocycles. The van der Waals surface area contributed by atoms with Crippen molar-refractivity contribution in [2.24, 2.45) is 20.5 Å². The first kappa shape index (κ1) is 59.3. The second kappa shape index (κ2) is 27.6. The minimum atomic E-state index is -4.22. The number of rotatable bonds is 29. The molecule has 0 aliphatic carbocycles. The standard InChI is InChI=1S/C55H65BF2N14O11/c1-68(39-13-9-36(10-14-39)62-65-45-31-49(80-3)46(32-48(45)79-2)66-63-37-11-15-41(16-12-37)72(77)78)27-5-4-23-59-24-7-29-82-55-54(76)53(75)52(74)50(83-55)35-81-34-38-33-69(67-64-38)28-26-61-51(73)22-20-40-17-18-42-30-43-19-21-47(44-8-6-25-60-44)71(43)56(57,58)70(40)42/h6,8-19,21,25,30-33,50,52-55,59-60,74-76H,4-5,7,20,22-24,26-29,34-35H2,1-3H3,(H,61,73)/b65-62?,66-63+/t50-,52-,53+,54-,55-/m1/s1. The number of aliphatic hydroxyl groups excluding tert-OH is 3. The minimum Gasteiger partial charge on any atom is -0.494 e. The van der Waals surface area contributed by atoms with Crippen LogP contribution in [0.2, 0.25) is 0 Å². The van der Waals surface area contributed by atoms with Crippen LogP contribution in [0.5, 0.6) is 11.5 Å². The van der Waals surface area contributed by atoms with Gasteiger partial charge >= 0.3 is 6.97 Å². The number of amides is 1. The van der Waals surface area contributed by atoms with Crippen LogP contribution in [0.15, 0.2) is 136 Å². The number of hydrogen-bond acceptors (Lipinski definition) is 19. The van der Waals surface area contributed by atoms with Gasteiger partial charge in [0.05, 0.1) is 68.8 Å². The van der Waals surface area contributed by atoms with E-state index < -0.39 is 42.6 Å². The van der Waals surface area contributed by atoms with Gasteiger partial charge in [-0.25, -0.2) is 0 Å². The Kier molecular flexibility index (Phi) is 19.7. The van der Waals surface area contributed by atoms with Gasteiger partial charge < -0.3 is 77.1 Å². The molecule has 0 bridgehead atoms. The number of unbranched alkanes of at least 4 members (excludes halogenated alkanes) is 1. The first-order valence-corrected chi connectivity index (χ1v) is 27.0. The number of benzene rings is 3. The van der Waals surface area contributed by atoms with E-state index in [2.05, 4.69) is 51.3 Å². The van der Waals surface area contributed by atoms with Gasteiger partial charge in [0.2, 0.25) is 5.91 Å². The normalized spacial score (nSPS) is 19.1. The fourth-order valence-electron chi connectivity index (χ4n) is 9.65. The molecule has 0 unspecified atom stereocenters. The van der Waals surface area contributed by atoms with Crippen molar-refractivity contribution in [2.45, 2.75) is 76.0 Å². The molecule has 0 spiro atoms. The molecule has 0 saturated carbocycles. The van der Waals surface area contributed by atoms with Crippen molar-refractivity contribution >= 4 is 58.8 Å². The number of aliphatic hydroxyl groups is 3. The van der Waals surface area contributed by atoms with Crippen LogP contribution in [0, 0.1) is 10.1 Å². The average Bonchev–Trinajstić information content (AvgIpc) is 3.10. The molecule has 1 fully saturated rings. The van der Waals surface area contributed by atoms with Crippen molar-refractivity contribution < 1.29 is 61.8 Å². The molecule has 5 atom stereocenters. The van der Waals surface area contributed by atoms with E-state index in [1.807, 2.05) is 31.3 Å². The van der Waals surface area contributed by atoms with E-state index in [0.29, 0.717) is 81.4 Å². The number of nitrogens with one attached hydrogen (secondary N) is 3. The number of aromatic amines is 1. The molecule has 0 radical (unpaired) electrons. The fraction of sp³-hybridized carbons (Fsp3) is 0.382. The Morgan fingerprint density at radius 3 is 2.30 bits per heavy atom. The molecule has 9 rings (SSSR count). The number of aromatic nitrogens is 5. The van der Waals surface area contributed by atoms with Crippen molar-refractivity contribution in [1.82, 2.24) is 35.1 Å². The van der Waals surface area contributed by atoms with Gasteiger partial charge in [0, 0.05) is 98.7 Å². The number of nitro benzene ring substituents is 1. The summed E-state index contributed by atoms with van der Waals surface area (Å²) in [6, 6.07) is 23.4. The van der Waals surface area contributed by atoms with E-state index in [1.165, 1.54) is 43.2 Å². The van der Waals surface area contributed by atoms with E-state index in [1.54, 1.807) is 67.0 Å². The molecule has 3 aromatic heterocycles. The summed E-state index contributed by atoms with van der Waals surface area (Å²) < 4.78 is 64.3. The van der Waals surface area contributed by atoms with Crippen LogP contribution < -0.4 is 25.0 Å². The number of halogens is 2. The third-order valence-corrected chi connectivity index (χ3v) is 14.1. The first-order valence-electron chi connectivity index (χ1n) is 27.0. The highest BCUT2D eigenvalue weighted by atomic mass is 19.2. The molecule has 25 nitrogen and oxygen atoms in total. The summed E-state index contributed by atoms with van der Waals surface area (Å²) in [4.78, 5) is 28.5. The van der Waals surface area contributed by atoms with Gasteiger partial charge in [-0.2, -0.15) is 10.2 Å². The Bertz CT molecular complexity index is 3340. The minimum absolute atomic E-state index is 0.000866. The molecule has 3 aliphatic rings. The molecule has 1 saturated heterocycles. The molecule has 1 amide bonds. The topological polar surface area (TPSA) is 298 Å². The Labute approximate surface area is 475 Å². The van der Waals surface area contributed by atoms with Crippen LogP contribution in [0.25, 0.3) is 17.5 Å². The van der Waals surface area contributed by atoms with Crippen molar-refractivity contribution in [3.05, 3.63) is 137 Å². The lowest BCUT2D eigenvalue weighted by molar-refractivity contribution is -0.384. The average molecular weight is 1150 g/mol. The van der Waals surface area contributed by atoms with Crippen LogP contribution in [0.1, 0.15) is 43.5 Å². The third kappa shape index (κ3) is 14.6. The van der Waals surface area contributed by atoms with Gasteiger partial charge in [-0.05, 0) is 93.0 Å². The summed E-state index contributed by atoms with van der Waals surface area (Å²) in [6.07, 6.45) is 4.24. The van der Waals surface area contributed by atoms with E-state index in [4.69, 9.17) is 23.7 Å². The number of non-ortho nitro benzene ring substituents is 1. The Hall–Kier alpha value is -8.38. The molecule has 438 valence electrons. The summed E-state index contributed by atoms with van der Waals surface area (Å²) in [5, 5.41) is 74.4. The van der Waals surface area contributed by atoms with Crippen molar-refractivity contribution in [3.8, 4) is 22.9 Å². The summed E-state index contributed by atoms with van der Waals surface area (Å²) in [6.45, 7) is -1.41. The Morgan fingerprint density at radius 1 is 0.904 bits per heavy atom. The second-order valence-electron chi connectivity index (χ2n) is 19.8. The van der Waals surface area contributed by atoms with Crippen molar-refractivity contribution in [1.29, 1.82) is 0 Å². The van der Waals surface area contributed by atoms with E-state index >= 15 is 8.63 Å². The zero-order chi connectivity index (χ0) is 58.5. The number of nitro groups is 1. The van der Waals surface area contributed by atoms with Crippen LogP contribution in [0.4, 0.5) is 42.8 Å². The number of ether oxygens (including phenoxy) is 5. The maximum Gasteiger partial charge on any atom is 0.737 e. The molecular weight excluding hydrogens is 1080 g/mol. The van der Waals surface area contributed by atoms with Gasteiger partial charge in [-0.1, -0.05) is 5.21 Å². The SMILES string of the molecule is COc1cc(/N=N/c2ccc([N+](=O)[O-])cc2)c(OC)cc1N=Nc1ccc(N(C)CCCCNCCCO[C@@H]2O[C@H](COCc3cn(CCNC(=O)CCC4=[N+]5C(=Cc6ccc(-c7ccc[nH]7)n6[B-]5(F)F)C=C4)nn3)[C@@H](O)[C@H](O)[C@H]2O)cc1. The lowest BCUT2D eigenvalue weighted by Gasteiger charge is -2.40. The van der Waals surface area contributed by atoms with Crippen LogP contribution in [-0.4, -0.2) is 159 Å². The smallest absolute Gasteiger partial charge is 0.494 e. The first-order chi connectivity index (χ1) is 40.2. The Morgan fingerprint density at radius 2 is 1.61 bits per heavy atom. The molecule has 6 N–H and O–H groups in total. The van der Waals surface area contributed by atoms with Crippen LogP contribution in [-0.2, 0) is 32.2 Å². The van der Waals surface area contributed by atoms with Crippen LogP contribution in [0.3, 0.4) is 0 Å². The predicted octanol–water partition coefficient (Wildman–Crippen LogP) is 7.27. The lowest BCUT2D eigenvalue weighted by atomic mass is 9.90. The number of anilines is 1. The summed E-state index contributed by atoms with van der Waals surface area (Å²) in [7, 11) is 5.01. The van der Waals surface area contributed by atoms with Crippen LogP contribution >= 0.6 is 0 Å². The van der Waals surface area contributed by atoms with E-state index in [9.17, 15) is 30.2 Å². The zero-order valence-electron chi connectivity index (χ0n) is 45.9. The van der Waals surface area contributed by atoms with Gasteiger partial charge in [0.15, 0.2) is 12.0 Å². The molecule has 3 aliphatic heterocycles. The predicted molar refractivity (Wildman–Crippen MR) is 302 cm³/mol. The van der Waals surface area contributed by atoms with Gasteiger partial charge in [-0.15, -0.1) is 15.3 Å². The molecular formula is C55H65BF2N14O11. The number of carbonyl (C=O) groups excluding carboxylic acids is 1. The highest BCUT2D eigenvalue weighted by Gasteiger charge is 2.52. The highest BCUT2D eigenvalue weighted by molar-refractivity contribution is 6.58. The van der Waals surface area contributed by atoms with Gasteiger partial charge in [0.25, 0.3) is 5.69 Å². The number of hydrogen-bond donors (Lipinski definition) is 6. The molecule has 28 heteroatoms. The van der Waals surface area contributed by atoms with Gasteiger partial charge in [-0.3, -0.25) is 19.6 Å². The number of methoxy groups -OCH3 is 2. The van der Waals surface area contributed by atoms with E-state index in [0.717, 1.165) is 40.6 Å².